The number of aliphatic carboxylic acids is 1. The molecule has 0 aromatic rings. The Hall–Kier alpha value is -2.77. The number of aliphatic hydroxyl groups is 2. The van der Waals surface area contributed by atoms with Crippen LogP contribution in [0.4, 0.5) is 0 Å². The molecule has 13 heteroatoms. The summed E-state index contributed by atoms with van der Waals surface area (Å²) >= 11 is 0. The number of primary amides is 1. The number of amides is 4. The van der Waals surface area contributed by atoms with E-state index in [2.05, 4.69) is 16.0 Å². The second-order valence-corrected chi connectivity index (χ2v) is 6.15. The summed E-state index contributed by atoms with van der Waals surface area (Å²) in [6, 6.07) is -5.39. The van der Waals surface area contributed by atoms with Gasteiger partial charge in [0.15, 0.2) is 6.04 Å². The van der Waals surface area contributed by atoms with E-state index in [-0.39, 0.29) is 12.8 Å². The summed E-state index contributed by atoms with van der Waals surface area (Å²) in [5.41, 5.74) is 10.4. The summed E-state index contributed by atoms with van der Waals surface area (Å²) in [5.74, 6) is -4.85. The molecule has 0 aliphatic heterocycles. The van der Waals surface area contributed by atoms with Crippen LogP contribution in [0, 0.1) is 0 Å². The monoisotopic (exact) mass is 405 g/mol. The minimum atomic E-state index is -1.64. The van der Waals surface area contributed by atoms with Crippen molar-refractivity contribution in [1.82, 2.24) is 16.0 Å². The maximum atomic E-state index is 12.3. The van der Waals surface area contributed by atoms with Crippen molar-refractivity contribution in [3.05, 3.63) is 0 Å². The van der Waals surface area contributed by atoms with Gasteiger partial charge in [0.1, 0.15) is 18.1 Å². The Kier molecular flexibility index (Phi) is 10.7. The minimum Gasteiger partial charge on any atom is -0.480 e. The number of hydrogen-bond acceptors (Lipinski definition) is 8. The maximum Gasteiger partial charge on any atom is 0.328 e. The van der Waals surface area contributed by atoms with E-state index < -0.39 is 66.5 Å². The van der Waals surface area contributed by atoms with Crippen molar-refractivity contribution in [2.45, 2.75) is 57.0 Å². The summed E-state index contributed by atoms with van der Waals surface area (Å²) in [5, 5.41) is 33.8. The van der Waals surface area contributed by atoms with Crippen molar-refractivity contribution in [3.63, 3.8) is 0 Å². The minimum absolute atomic E-state index is 0.240. The quantitative estimate of drug-likeness (QED) is 0.156. The van der Waals surface area contributed by atoms with Crippen LogP contribution in [-0.4, -0.2) is 81.8 Å². The number of aliphatic hydroxyl groups excluding tert-OH is 2. The van der Waals surface area contributed by atoms with Crippen molar-refractivity contribution in [1.29, 1.82) is 0 Å². The van der Waals surface area contributed by atoms with Crippen molar-refractivity contribution in [2.75, 3.05) is 6.61 Å². The molecule has 10 N–H and O–H groups in total. The van der Waals surface area contributed by atoms with E-state index in [9.17, 15) is 29.1 Å². The predicted octanol–water partition coefficient (Wildman–Crippen LogP) is -4.49. The van der Waals surface area contributed by atoms with E-state index >= 15 is 0 Å². The smallest absolute Gasteiger partial charge is 0.328 e. The first-order valence-electron chi connectivity index (χ1n) is 8.37. The first-order valence-corrected chi connectivity index (χ1v) is 8.37. The highest BCUT2D eigenvalue weighted by Gasteiger charge is 2.30. The molecule has 0 bridgehead atoms. The molecule has 13 nitrogen and oxygen atoms in total. The Balaban J connectivity index is 5.15. The standard InChI is InChI=1S/C15H27N5O8/c1-6(18-13(25)8(16)5-21)12(24)19-9(3-4-10(17)23)14(26)20-11(7(2)22)15(27)28/h6-9,11,21-22H,3-5,16H2,1-2H3,(H2,17,23)(H,18,25)(H,19,24)(H,20,26)(H,27,28). The highest BCUT2D eigenvalue weighted by molar-refractivity contribution is 5.94. The molecule has 160 valence electrons. The Morgan fingerprint density at radius 3 is 1.96 bits per heavy atom. The van der Waals surface area contributed by atoms with Gasteiger partial charge in [-0.15, -0.1) is 0 Å². The number of carboxylic acid groups (broad SMARTS) is 1. The fourth-order valence-corrected chi connectivity index (χ4v) is 1.96. The lowest BCUT2D eigenvalue weighted by Crippen LogP contribution is -2.58. The first-order chi connectivity index (χ1) is 12.9. The van der Waals surface area contributed by atoms with E-state index in [0.717, 1.165) is 6.92 Å². The summed E-state index contributed by atoms with van der Waals surface area (Å²) in [6.45, 7) is 1.80. The highest BCUT2D eigenvalue weighted by Crippen LogP contribution is 2.02. The van der Waals surface area contributed by atoms with E-state index in [1.807, 2.05) is 0 Å². The molecule has 0 aliphatic carbocycles. The summed E-state index contributed by atoms with van der Waals surface area (Å²) < 4.78 is 0. The molecule has 0 rings (SSSR count). The molecule has 4 amide bonds. The summed E-state index contributed by atoms with van der Waals surface area (Å²) in [7, 11) is 0. The van der Waals surface area contributed by atoms with Crippen LogP contribution in [0.15, 0.2) is 0 Å². The second kappa shape index (κ2) is 11.8. The van der Waals surface area contributed by atoms with Crippen molar-refractivity contribution < 1.29 is 39.3 Å². The lowest BCUT2D eigenvalue weighted by Gasteiger charge is -2.24. The van der Waals surface area contributed by atoms with Crippen LogP contribution in [-0.2, 0) is 24.0 Å². The molecule has 0 radical (unpaired) electrons. The molecule has 5 unspecified atom stereocenters. The highest BCUT2D eigenvalue weighted by atomic mass is 16.4. The van der Waals surface area contributed by atoms with Crippen LogP contribution in [0.25, 0.3) is 0 Å². The van der Waals surface area contributed by atoms with Gasteiger partial charge in [0.05, 0.1) is 12.7 Å². The summed E-state index contributed by atoms with van der Waals surface area (Å²) in [6.07, 6.45) is -1.95. The molecule has 0 aromatic heterocycles. The van der Waals surface area contributed by atoms with Crippen LogP contribution in [0.2, 0.25) is 0 Å². The SMILES string of the molecule is CC(NC(=O)C(N)CO)C(=O)NC(CCC(N)=O)C(=O)NC(C(=O)O)C(C)O. The lowest BCUT2D eigenvalue weighted by molar-refractivity contribution is -0.145. The maximum absolute atomic E-state index is 12.3. The largest absolute Gasteiger partial charge is 0.480 e. The normalized spacial score (nSPS) is 16.0. The third-order valence-electron chi connectivity index (χ3n) is 3.64. The van der Waals surface area contributed by atoms with Crippen LogP contribution >= 0.6 is 0 Å². The zero-order chi connectivity index (χ0) is 22.0. The third kappa shape index (κ3) is 8.75. The van der Waals surface area contributed by atoms with Crippen LogP contribution in [0.1, 0.15) is 26.7 Å². The molecule has 0 aliphatic rings. The van der Waals surface area contributed by atoms with Gasteiger partial charge in [-0.3, -0.25) is 19.2 Å². The molecule has 0 saturated heterocycles. The molecule has 28 heavy (non-hydrogen) atoms. The molecule has 0 aromatic carbocycles. The molecule has 0 heterocycles. The molecule has 0 spiro atoms. The number of carbonyl (C=O) groups is 5. The number of carbonyl (C=O) groups excluding carboxylic acids is 4. The number of nitrogens with one attached hydrogen (secondary N) is 3. The number of hydrogen-bond donors (Lipinski definition) is 8. The van der Waals surface area contributed by atoms with Crippen molar-refractivity contribution in [3.8, 4) is 0 Å². The Morgan fingerprint density at radius 2 is 1.54 bits per heavy atom. The Labute approximate surface area is 160 Å². The third-order valence-corrected chi connectivity index (χ3v) is 3.64. The van der Waals surface area contributed by atoms with Gasteiger partial charge in [-0.2, -0.15) is 0 Å². The molecule has 5 atom stereocenters. The van der Waals surface area contributed by atoms with Crippen LogP contribution in [0.5, 0.6) is 0 Å². The van der Waals surface area contributed by atoms with E-state index in [1.165, 1.54) is 6.92 Å². The molecular formula is C15H27N5O8. The topological polar surface area (TPSA) is 234 Å². The molecular weight excluding hydrogens is 378 g/mol. The van der Waals surface area contributed by atoms with E-state index in [4.69, 9.17) is 21.7 Å². The fourth-order valence-electron chi connectivity index (χ4n) is 1.96. The molecule has 0 fully saturated rings. The predicted molar refractivity (Wildman–Crippen MR) is 94.3 cm³/mol. The average molecular weight is 405 g/mol. The van der Waals surface area contributed by atoms with Gasteiger partial charge in [0.25, 0.3) is 0 Å². The summed E-state index contributed by atoms with van der Waals surface area (Å²) in [4.78, 5) is 58.2. The van der Waals surface area contributed by atoms with Gasteiger partial charge >= 0.3 is 5.97 Å². The number of carboxylic acids is 1. The van der Waals surface area contributed by atoms with Gasteiger partial charge in [0.2, 0.25) is 23.6 Å². The van der Waals surface area contributed by atoms with Gasteiger partial charge in [-0.1, -0.05) is 0 Å². The lowest BCUT2D eigenvalue weighted by atomic mass is 10.1. The Bertz CT molecular complexity index is 597. The number of rotatable bonds is 12. The first kappa shape index (κ1) is 25.2. The zero-order valence-electron chi connectivity index (χ0n) is 15.5. The van der Waals surface area contributed by atoms with Crippen LogP contribution < -0.4 is 27.4 Å². The van der Waals surface area contributed by atoms with Gasteiger partial charge in [-0.25, -0.2) is 4.79 Å². The van der Waals surface area contributed by atoms with Crippen molar-refractivity contribution in [2.24, 2.45) is 11.5 Å². The fraction of sp³-hybridized carbons (Fsp3) is 0.667. The zero-order valence-corrected chi connectivity index (χ0v) is 15.5. The molecule has 0 saturated carbocycles. The second-order valence-electron chi connectivity index (χ2n) is 6.15. The van der Waals surface area contributed by atoms with Gasteiger partial charge < -0.3 is 42.7 Å². The Morgan fingerprint density at radius 1 is 0.964 bits per heavy atom. The van der Waals surface area contributed by atoms with Gasteiger partial charge in [0, 0.05) is 6.42 Å². The number of nitrogens with two attached hydrogens (primary N) is 2. The van der Waals surface area contributed by atoms with Gasteiger partial charge in [-0.05, 0) is 20.3 Å². The van der Waals surface area contributed by atoms with E-state index in [1.54, 1.807) is 0 Å². The van der Waals surface area contributed by atoms with Crippen molar-refractivity contribution >= 4 is 29.6 Å². The van der Waals surface area contributed by atoms with E-state index in [0.29, 0.717) is 0 Å². The average Bonchev–Trinajstić information content (AvgIpc) is 2.60. The van der Waals surface area contributed by atoms with Crippen LogP contribution in [0.3, 0.4) is 0 Å².